The van der Waals surface area contributed by atoms with Gasteiger partial charge in [-0.3, -0.25) is 4.79 Å². The third kappa shape index (κ3) is 3.93. The zero-order chi connectivity index (χ0) is 22.4. The van der Waals surface area contributed by atoms with E-state index in [0.717, 1.165) is 6.07 Å². The molecule has 12 heteroatoms. The van der Waals surface area contributed by atoms with Crippen molar-refractivity contribution in [2.24, 2.45) is 5.92 Å². The summed E-state index contributed by atoms with van der Waals surface area (Å²) in [6.07, 6.45) is 0. The lowest BCUT2D eigenvalue weighted by atomic mass is 10.2. The van der Waals surface area contributed by atoms with E-state index in [0.29, 0.717) is 21.4 Å². The van der Waals surface area contributed by atoms with Crippen LogP contribution in [0.3, 0.4) is 0 Å². The minimum absolute atomic E-state index is 0.0130. The molecule has 4 rings (SSSR count). The maximum Gasteiger partial charge on any atom is 0.244 e. The number of carbonyl (C=O) groups is 1. The predicted octanol–water partition coefficient (Wildman–Crippen LogP) is 1.21. The monoisotopic (exact) mass is 468 g/mol. The van der Waals surface area contributed by atoms with Crippen LogP contribution in [0.15, 0.2) is 41.3 Å². The molecular weight excluding hydrogens is 448 g/mol. The van der Waals surface area contributed by atoms with Gasteiger partial charge in [-0.25, -0.2) is 25.9 Å². The molecule has 0 radical (unpaired) electrons. The summed E-state index contributed by atoms with van der Waals surface area (Å²) in [6.45, 7) is 1.56. The second-order valence-corrected chi connectivity index (χ2v) is 10.7. The van der Waals surface area contributed by atoms with E-state index in [-0.39, 0.29) is 35.4 Å². The molecule has 1 fully saturated rings. The van der Waals surface area contributed by atoms with Crippen LogP contribution in [0, 0.1) is 5.92 Å². The minimum Gasteiger partial charge on any atom is -0.495 e. The molecule has 1 atom stereocenters. The summed E-state index contributed by atoms with van der Waals surface area (Å²) in [5, 5.41) is 0. The van der Waals surface area contributed by atoms with Gasteiger partial charge in [0, 0.05) is 6.54 Å². The number of sulfonamides is 2. The van der Waals surface area contributed by atoms with E-state index in [2.05, 4.69) is 4.72 Å². The number of nitrogens with one attached hydrogen (secondary N) is 1. The lowest BCUT2D eigenvalue weighted by molar-refractivity contribution is -0.119. The first-order chi connectivity index (χ1) is 14.6. The van der Waals surface area contributed by atoms with Gasteiger partial charge in [0.25, 0.3) is 0 Å². The summed E-state index contributed by atoms with van der Waals surface area (Å²) in [5.41, 5.74) is 0.577. The second-order valence-electron chi connectivity index (χ2n) is 7.13. The van der Waals surface area contributed by atoms with Crippen molar-refractivity contribution in [3.05, 3.63) is 42.0 Å². The van der Waals surface area contributed by atoms with Crippen molar-refractivity contribution in [1.29, 1.82) is 0 Å². The molecule has 0 unspecified atom stereocenters. The number of methoxy groups -OCH3 is 1. The first-order valence-electron chi connectivity index (χ1n) is 9.25. The van der Waals surface area contributed by atoms with Crippen LogP contribution in [0.5, 0.6) is 17.2 Å². The summed E-state index contributed by atoms with van der Waals surface area (Å²) in [6, 6.07) is 8.81. The molecule has 0 spiro atoms. The maximum atomic E-state index is 13.0. The average Bonchev–Trinajstić information content (AvgIpc) is 3.27. The van der Waals surface area contributed by atoms with E-state index in [4.69, 9.17) is 14.2 Å². The Hall–Kier alpha value is -2.83. The van der Waals surface area contributed by atoms with E-state index < -0.39 is 31.9 Å². The van der Waals surface area contributed by atoms with E-state index >= 15 is 0 Å². The van der Waals surface area contributed by atoms with Gasteiger partial charge in [-0.1, -0.05) is 13.0 Å². The van der Waals surface area contributed by atoms with Gasteiger partial charge in [0.15, 0.2) is 11.5 Å². The fraction of sp³-hybridized carbons (Fsp3) is 0.316. The van der Waals surface area contributed by atoms with Crippen LogP contribution in [0.2, 0.25) is 0 Å². The quantitative estimate of drug-likeness (QED) is 0.670. The summed E-state index contributed by atoms with van der Waals surface area (Å²) in [7, 11) is -6.70. The van der Waals surface area contributed by atoms with E-state index in [1.54, 1.807) is 18.2 Å². The molecule has 0 aliphatic carbocycles. The molecule has 2 aromatic carbocycles. The highest BCUT2D eigenvalue weighted by Crippen LogP contribution is 2.35. The number of anilines is 1. The van der Waals surface area contributed by atoms with E-state index in [1.807, 2.05) is 0 Å². The van der Waals surface area contributed by atoms with Gasteiger partial charge >= 0.3 is 0 Å². The molecular formula is C19H20N2O8S2. The van der Waals surface area contributed by atoms with Crippen LogP contribution >= 0.6 is 0 Å². The van der Waals surface area contributed by atoms with Crippen molar-refractivity contribution in [3.8, 4) is 17.2 Å². The largest absolute Gasteiger partial charge is 0.495 e. The van der Waals surface area contributed by atoms with Gasteiger partial charge in [0.1, 0.15) is 10.6 Å². The molecule has 1 saturated heterocycles. The van der Waals surface area contributed by atoms with Crippen molar-refractivity contribution in [2.45, 2.75) is 18.4 Å². The first-order valence-corrected chi connectivity index (χ1v) is 12.3. The van der Waals surface area contributed by atoms with Crippen molar-refractivity contribution in [3.63, 3.8) is 0 Å². The van der Waals surface area contributed by atoms with Crippen LogP contribution in [0.1, 0.15) is 12.5 Å². The van der Waals surface area contributed by atoms with Crippen molar-refractivity contribution < 1.29 is 35.8 Å². The van der Waals surface area contributed by atoms with Crippen molar-refractivity contribution in [1.82, 2.24) is 4.72 Å². The van der Waals surface area contributed by atoms with Gasteiger partial charge < -0.3 is 14.2 Å². The number of carbonyl (C=O) groups excluding carboxylic acids is 1. The number of hydrogen-bond acceptors (Lipinski definition) is 8. The Morgan fingerprint density at radius 3 is 2.58 bits per heavy atom. The first kappa shape index (κ1) is 21.4. The third-order valence-electron chi connectivity index (χ3n) is 4.94. The third-order valence-corrected chi connectivity index (χ3v) is 8.23. The van der Waals surface area contributed by atoms with Gasteiger partial charge in [0.2, 0.25) is 32.7 Å². The smallest absolute Gasteiger partial charge is 0.244 e. The average molecular weight is 469 g/mol. The molecule has 1 N–H and O–H groups in total. The Bertz CT molecular complexity index is 1260. The second kappa shape index (κ2) is 7.70. The molecule has 166 valence electrons. The Kier molecular flexibility index (Phi) is 5.31. The zero-order valence-corrected chi connectivity index (χ0v) is 18.3. The molecule has 2 aliphatic heterocycles. The molecule has 2 aliphatic rings. The molecule has 0 saturated carbocycles. The lowest BCUT2D eigenvalue weighted by Gasteiger charge is -2.18. The van der Waals surface area contributed by atoms with Crippen LogP contribution in [0.25, 0.3) is 0 Å². The molecule has 2 heterocycles. The normalized spacial score (nSPS) is 19.6. The highest BCUT2D eigenvalue weighted by Gasteiger charge is 2.42. The van der Waals surface area contributed by atoms with Gasteiger partial charge in [-0.15, -0.1) is 0 Å². The van der Waals surface area contributed by atoms with Crippen molar-refractivity contribution in [2.75, 3.05) is 24.0 Å². The number of ether oxygens (including phenoxy) is 3. The molecule has 2 aromatic rings. The lowest BCUT2D eigenvalue weighted by Crippen LogP contribution is -2.31. The molecule has 0 aromatic heterocycles. The highest BCUT2D eigenvalue weighted by atomic mass is 32.2. The van der Waals surface area contributed by atoms with Gasteiger partial charge in [0.05, 0.1) is 24.5 Å². The Morgan fingerprint density at radius 1 is 1.16 bits per heavy atom. The summed E-state index contributed by atoms with van der Waals surface area (Å²) < 4.78 is 69.5. The minimum atomic E-state index is -4.12. The van der Waals surface area contributed by atoms with Crippen LogP contribution in [-0.4, -0.2) is 42.4 Å². The van der Waals surface area contributed by atoms with Gasteiger partial charge in [-0.05, 0) is 35.9 Å². The summed E-state index contributed by atoms with van der Waals surface area (Å²) in [4.78, 5) is 12.1. The van der Waals surface area contributed by atoms with E-state index in [9.17, 15) is 21.6 Å². The summed E-state index contributed by atoms with van der Waals surface area (Å²) in [5.74, 6) is -0.547. The van der Waals surface area contributed by atoms with Crippen molar-refractivity contribution >= 4 is 31.6 Å². The molecule has 10 nitrogen and oxygen atoms in total. The SMILES string of the molecule is COc1ccc(N2C(=O)[C@@H](C)CS2(=O)=O)cc1S(=O)(=O)NCc1ccc2c(c1)OCO2. The molecule has 0 bridgehead atoms. The summed E-state index contributed by atoms with van der Waals surface area (Å²) >= 11 is 0. The molecule has 1 amide bonds. The Morgan fingerprint density at radius 2 is 1.90 bits per heavy atom. The van der Waals surface area contributed by atoms with Crippen LogP contribution in [0.4, 0.5) is 5.69 Å². The number of rotatable bonds is 6. The van der Waals surface area contributed by atoms with Crippen LogP contribution < -0.4 is 23.2 Å². The number of fused-ring (bicyclic) bond motifs is 1. The van der Waals surface area contributed by atoms with Crippen LogP contribution in [-0.2, 0) is 31.4 Å². The number of nitrogens with zero attached hydrogens (tertiary/aromatic N) is 1. The number of benzene rings is 2. The standard InChI is InChI=1S/C19H20N2O8S2/c1-12-10-30(23,24)21(19(12)22)14-4-6-16(27-2)18(8-14)31(25,26)20-9-13-3-5-15-17(7-13)29-11-28-15/h3-8,12,20H,9-11H2,1-2H3/t12-/m0/s1. The fourth-order valence-corrected chi connectivity index (χ4v) is 6.41. The topological polar surface area (TPSA) is 128 Å². The Balaban J connectivity index is 1.64. The fourth-order valence-electron chi connectivity index (χ4n) is 3.40. The zero-order valence-electron chi connectivity index (χ0n) is 16.7. The Labute approximate surface area is 179 Å². The van der Waals surface area contributed by atoms with E-state index in [1.165, 1.54) is 26.2 Å². The molecule has 31 heavy (non-hydrogen) atoms. The maximum absolute atomic E-state index is 13.0. The van der Waals surface area contributed by atoms with Gasteiger partial charge in [-0.2, -0.15) is 0 Å². The number of hydrogen-bond donors (Lipinski definition) is 1. The predicted molar refractivity (Wildman–Crippen MR) is 110 cm³/mol. The highest BCUT2D eigenvalue weighted by molar-refractivity contribution is 7.94. The number of amides is 1.